The van der Waals surface area contributed by atoms with E-state index in [0.29, 0.717) is 23.5 Å². The number of fused-ring (bicyclic) bond motifs is 1. The summed E-state index contributed by atoms with van der Waals surface area (Å²) < 4.78 is 6.01. The van der Waals surface area contributed by atoms with Gasteiger partial charge in [0.15, 0.2) is 11.5 Å². The molecule has 1 aromatic heterocycles. The molecule has 1 fully saturated rings. The van der Waals surface area contributed by atoms with E-state index < -0.39 is 0 Å². The Balaban J connectivity index is 1.61. The number of likely N-dealkylation sites (tertiary alicyclic amines) is 1. The van der Waals surface area contributed by atoms with Crippen LogP contribution in [0, 0.1) is 17.8 Å². The third kappa shape index (κ3) is 2.93. The molecular weight excluding hydrogens is 326 g/mol. The largest absolute Gasteiger partial charge is 0.455 e. The van der Waals surface area contributed by atoms with Gasteiger partial charge in [-0.2, -0.15) is 0 Å². The van der Waals surface area contributed by atoms with Crippen molar-refractivity contribution in [3.05, 3.63) is 34.8 Å². The molecule has 0 N–H and O–H groups in total. The van der Waals surface area contributed by atoms with Gasteiger partial charge in [0.1, 0.15) is 5.76 Å². The Morgan fingerprint density at radius 1 is 1.19 bits per heavy atom. The average Bonchev–Trinajstić information content (AvgIpc) is 2.90. The second-order valence-corrected chi connectivity index (χ2v) is 9.34. The first-order valence-corrected chi connectivity index (χ1v) is 9.90. The van der Waals surface area contributed by atoms with Crippen molar-refractivity contribution >= 4 is 11.7 Å². The minimum Gasteiger partial charge on any atom is -0.455 e. The van der Waals surface area contributed by atoms with Crippen LogP contribution in [0.1, 0.15) is 84.6 Å². The summed E-state index contributed by atoms with van der Waals surface area (Å²) in [5.74, 6) is 1.18. The van der Waals surface area contributed by atoms with Crippen LogP contribution in [0.2, 0.25) is 0 Å². The lowest BCUT2D eigenvalue weighted by Crippen LogP contribution is -2.46. The van der Waals surface area contributed by atoms with Crippen LogP contribution in [0.3, 0.4) is 0 Å². The topological polar surface area (TPSA) is 50.5 Å². The van der Waals surface area contributed by atoms with Crippen molar-refractivity contribution in [2.24, 2.45) is 10.8 Å². The van der Waals surface area contributed by atoms with E-state index in [-0.39, 0.29) is 22.5 Å². The molecule has 140 valence electrons. The van der Waals surface area contributed by atoms with Gasteiger partial charge in [0.25, 0.3) is 5.91 Å². The number of amides is 1. The molecular formula is C22H29NO3. The molecule has 2 aliphatic carbocycles. The number of piperidine rings is 1. The second-order valence-electron chi connectivity index (χ2n) is 9.34. The Morgan fingerprint density at radius 2 is 2.00 bits per heavy atom. The summed E-state index contributed by atoms with van der Waals surface area (Å²) in [4.78, 5) is 27.8. The molecule has 0 saturated carbocycles. The molecule has 4 heteroatoms. The van der Waals surface area contributed by atoms with Crippen molar-refractivity contribution in [3.8, 4) is 0 Å². The Morgan fingerprint density at radius 3 is 2.73 bits per heavy atom. The van der Waals surface area contributed by atoms with Gasteiger partial charge in [0.05, 0.1) is 5.56 Å². The molecule has 1 spiro atoms. The van der Waals surface area contributed by atoms with Crippen LogP contribution in [0.15, 0.2) is 16.6 Å². The molecule has 1 saturated heterocycles. The van der Waals surface area contributed by atoms with Gasteiger partial charge in [0, 0.05) is 31.5 Å². The van der Waals surface area contributed by atoms with Crippen LogP contribution in [-0.4, -0.2) is 29.7 Å². The van der Waals surface area contributed by atoms with Crippen molar-refractivity contribution < 1.29 is 14.0 Å². The maximum absolute atomic E-state index is 13.2. The van der Waals surface area contributed by atoms with Gasteiger partial charge in [0.2, 0.25) is 0 Å². The Kier molecular flexibility index (Phi) is 4.13. The quantitative estimate of drug-likeness (QED) is 0.686. The smallest absolute Gasteiger partial charge is 0.289 e. The summed E-state index contributed by atoms with van der Waals surface area (Å²) in [7, 11) is 0. The third-order valence-electron chi connectivity index (χ3n) is 6.48. The fourth-order valence-corrected chi connectivity index (χ4v) is 5.13. The molecule has 26 heavy (non-hydrogen) atoms. The highest BCUT2D eigenvalue weighted by Crippen LogP contribution is 2.42. The molecule has 2 heterocycles. The Labute approximate surface area is 155 Å². The number of carbonyl (C=O) groups is 2. The number of carbonyl (C=O) groups excluding carboxylic acids is 2. The number of allylic oxidation sites excluding steroid dienone is 2. The van der Waals surface area contributed by atoms with Crippen molar-refractivity contribution in [1.29, 1.82) is 0 Å². The van der Waals surface area contributed by atoms with Gasteiger partial charge in [-0.3, -0.25) is 9.59 Å². The number of Topliss-reactive ketones (excluding diaryl/α,β-unsaturated/α-hetero) is 1. The van der Waals surface area contributed by atoms with Gasteiger partial charge < -0.3 is 9.32 Å². The van der Waals surface area contributed by atoms with Gasteiger partial charge in [-0.05, 0) is 49.9 Å². The monoisotopic (exact) mass is 355 g/mol. The number of furan rings is 1. The zero-order valence-electron chi connectivity index (χ0n) is 16.2. The van der Waals surface area contributed by atoms with E-state index in [1.807, 2.05) is 11.8 Å². The SMILES string of the molecule is Cc1c(C(=O)N2CCCC3(CC=CCC3)C2)oc2c1C(=O)CC(C)(C)C2. The molecule has 0 aromatic carbocycles. The first kappa shape index (κ1) is 17.6. The number of nitrogens with zero attached hydrogens (tertiary/aromatic N) is 1. The van der Waals surface area contributed by atoms with Crippen LogP contribution < -0.4 is 0 Å². The van der Waals surface area contributed by atoms with Crippen LogP contribution in [0.5, 0.6) is 0 Å². The van der Waals surface area contributed by atoms with Crippen molar-refractivity contribution in [3.63, 3.8) is 0 Å². The highest BCUT2D eigenvalue weighted by atomic mass is 16.4. The first-order valence-electron chi connectivity index (χ1n) is 9.90. The summed E-state index contributed by atoms with van der Waals surface area (Å²) >= 11 is 0. The second kappa shape index (κ2) is 6.11. The van der Waals surface area contributed by atoms with E-state index in [9.17, 15) is 9.59 Å². The summed E-state index contributed by atoms with van der Waals surface area (Å²) in [6, 6.07) is 0. The van der Waals surface area contributed by atoms with E-state index >= 15 is 0 Å². The normalized spacial score (nSPS) is 27.7. The van der Waals surface area contributed by atoms with E-state index in [1.165, 1.54) is 6.42 Å². The first-order chi connectivity index (χ1) is 12.3. The molecule has 1 amide bonds. The number of hydrogen-bond acceptors (Lipinski definition) is 3. The predicted molar refractivity (Wildman–Crippen MR) is 100 cm³/mol. The van der Waals surface area contributed by atoms with Crippen molar-refractivity contribution in [1.82, 2.24) is 4.90 Å². The highest BCUT2D eigenvalue weighted by Gasteiger charge is 2.40. The molecule has 1 aromatic rings. The fourth-order valence-electron chi connectivity index (χ4n) is 5.13. The molecule has 0 radical (unpaired) electrons. The van der Waals surface area contributed by atoms with Crippen molar-refractivity contribution in [2.75, 3.05) is 13.1 Å². The summed E-state index contributed by atoms with van der Waals surface area (Å²) in [6.07, 6.45) is 11.3. The van der Waals surface area contributed by atoms with Crippen LogP contribution in [0.25, 0.3) is 0 Å². The number of ketones is 1. The van der Waals surface area contributed by atoms with E-state index in [1.54, 1.807) is 0 Å². The van der Waals surface area contributed by atoms with Gasteiger partial charge in [-0.15, -0.1) is 0 Å². The van der Waals surface area contributed by atoms with Gasteiger partial charge in [-0.1, -0.05) is 26.0 Å². The van der Waals surface area contributed by atoms with Crippen molar-refractivity contribution in [2.45, 2.75) is 65.7 Å². The zero-order chi connectivity index (χ0) is 18.5. The number of rotatable bonds is 1. The predicted octanol–water partition coefficient (Wildman–Crippen LogP) is 4.71. The lowest BCUT2D eigenvalue weighted by molar-refractivity contribution is 0.0453. The summed E-state index contributed by atoms with van der Waals surface area (Å²) in [5, 5.41) is 0. The maximum Gasteiger partial charge on any atom is 0.289 e. The molecule has 0 bridgehead atoms. The molecule has 3 aliphatic rings. The van der Waals surface area contributed by atoms with E-state index in [2.05, 4.69) is 26.0 Å². The molecule has 1 atom stereocenters. The van der Waals surface area contributed by atoms with Gasteiger partial charge in [-0.25, -0.2) is 0 Å². The standard InChI is InChI=1S/C22H29NO3/c1-15-18-16(24)12-21(2,3)13-17(18)26-19(15)20(25)23-11-7-10-22(14-23)8-5-4-6-9-22/h4-5H,6-14H2,1-3H3. The lowest BCUT2D eigenvalue weighted by Gasteiger charge is -2.43. The Bertz CT molecular complexity index is 786. The fraction of sp³-hybridized carbons (Fsp3) is 0.636. The van der Waals surface area contributed by atoms with Crippen LogP contribution >= 0.6 is 0 Å². The minimum absolute atomic E-state index is 0.0314. The molecule has 4 rings (SSSR count). The zero-order valence-corrected chi connectivity index (χ0v) is 16.2. The molecule has 1 aliphatic heterocycles. The number of hydrogen-bond donors (Lipinski definition) is 0. The maximum atomic E-state index is 13.2. The van der Waals surface area contributed by atoms with E-state index in [4.69, 9.17) is 4.42 Å². The third-order valence-corrected chi connectivity index (χ3v) is 6.48. The van der Waals surface area contributed by atoms with Crippen LogP contribution in [-0.2, 0) is 6.42 Å². The summed E-state index contributed by atoms with van der Waals surface area (Å²) in [5.41, 5.74) is 1.55. The highest BCUT2D eigenvalue weighted by molar-refractivity contribution is 6.03. The van der Waals surface area contributed by atoms with E-state index in [0.717, 1.165) is 50.8 Å². The Hall–Kier alpha value is -1.84. The molecule has 1 unspecified atom stereocenters. The lowest BCUT2D eigenvalue weighted by atomic mass is 9.71. The van der Waals surface area contributed by atoms with Gasteiger partial charge >= 0.3 is 0 Å². The molecule has 4 nitrogen and oxygen atoms in total. The van der Waals surface area contributed by atoms with Crippen LogP contribution in [0.4, 0.5) is 0 Å². The summed E-state index contributed by atoms with van der Waals surface area (Å²) in [6.45, 7) is 7.63. The minimum atomic E-state index is -0.0989. The average molecular weight is 355 g/mol.